The van der Waals surface area contributed by atoms with E-state index >= 15 is 0 Å². The summed E-state index contributed by atoms with van der Waals surface area (Å²) >= 11 is 0. The molecule has 1 aliphatic heterocycles. The zero-order chi connectivity index (χ0) is 21.8. The molecule has 6 heteroatoms. The molecule has 1 N–H and O–H groups in total. The molecule has 2 atom stereocenters. The van der Waals surface area contributed by atoms with Crippen molar-refractivity contribution in [1.82, 2.24) is 14.8 Å². The number of nitrogens with zero attached hydrogens (tertiary/aromatic N) is 3. The van der Waals surface area contributed by atoms with Gasteiger partial charge in [0.15, 0.2) is 0 Å². The van der Waals surface area contributed by atoms with Crippen LogP contribution in [0.5, 0.6) is 0 Å². The molecule has 0 bridgehead atoms. The van der Waals surface area contributed by atoms with Crippen molar-refractivity contribution >= 4 is 17.5 Å². The van der Waals surface area contributed by atoms with Gasteiger partial charge in [-0.2, -0.15) is 0 Å². The summed E-state index contributed by atoms with van der Waals surface area (Å²) < 4.78 is 0. The summed E-state index contributed by atoms with van der Waals surface area (Å²) in [5.74, 6) is 0.655. The molecule has 1 saturated heterocycles. The molecule has 6 nitrogen and oxygen atoms in total. The third kappa shape index (κ3) is 5.50. The zero-order valence-corrected chi connectivity index (χ0v) is 18.5. The highest BCUT2D eigenvalue weighted by molar-refractivity contribution is 5.98. The molecule has 2 unspecified atom stereocenters. The highest BCUT2D eigenvalue weighted by Gasteiger charge is 2.39. The predicted octanol–water partition coefficient (Wildman–Crippen LogP) is 3.46. The maximum absolute atomic E-state index is 13.1. The summed E-state index contributed by atoms with van der Waals surface area (Å²) in [6.45, 7) is 5.07. The van der Waals surface area contributed by atoms with E-state index < -0.39 is 0 Å². The van der Waals surface area contributed by atoms with Gasteiger partial charge in [-0.15, -0.1) is 0 Å². The second-order valence-electron chi connectivity index (χ2n) is 8.95. The highest BCUT2D eigenvalue weighted by Crippen LogP contribution is 2.38. The van der Waals surface area contributed by atoms with Crippen LogP contribution in [-0.4, -0.2) is 59.3 Å². The molecule has 1 aliphatic carbocycles. The van der Waals surface area contributed by atoms with Gasteiger partial charge < -0.3 is 15.1 Å². The van der Waals surface area contributed by atoms with Crippen molar-refractivity contribution in [3.63, 3.8) is 0 Å². The number of rotatable bonds is 7. The first-order valence-electron chi connectivity index (χ1n) is 11.3. The Balaban J connectivity index is 1.27. The number of likely N-dealkylation sites (tertiary alicyclic amines) is 1. The van der Waals surface area contributed by atoms with Gasteiger partial charge >= 0.3 is 0 Å². The summed E-state index contributed by atoms with van der Waals surface area (Å²) in [5.41, 5.74) is 2.45. The minimum Gasteiger partial charge on any atom is -0.339 e. The molecule has 1 aromatic heterocycles. The smallest absolute Gasteiger partial charge is 0.253 e. The summed E-state index contributed by atoms with van der Waals surface area (Å²) in [5, 5.41) is 2.96. The van der Waals surface area contributed by atoms with Crippen LogP contribution in [0.2, 0.25) is 0 Å². The van der Waals surface area contributed by atoms with Crippen molar-refractivity contribution < 1.29 is 9.59 Å². The topological polar surface area (TPSA) is 65.5 Å². The van der Waals surface area contributed by atoms with Gasteiger partial charge in [0, 0.05) is 68.2 Å². The number of carbonyl (C=O) groups excluding carboxylic acids is 2. The van der Waals surface area contributed by atoms with Crippen molar-refractivity contribution in [2.24, 2.45) is 11.8 Å². The van der Waals surface area contributed by atoms with Gasteiger partial charge in [-0.05, 0) is 55.5 Å². The fourth-order valence-electron chi connectivity index (χ4n) is 4.37. The van der Waals surface area contributed by atoms with Gasteiger partial charge in [-0.3, -0.25) is 14.6 Å². The molecule has 0 spiro atoms. The van der Waals surface area contributed by atoms with E-state index in [2.05, 4.69) is 28.2 Å². The number of benzene rings is 1. The van der Waals surface area contributed by atoms with E-state index in [1.54, 1.807) is 6.07 Å². The highest BCUT2D eigenvalue weighted by atomic mass is 16.2. The Hall–Kier alpha value is -2.73. The van der Waals surface area contributed by atoms with E-state index in [9.17, 15) is 9.59 Å². The lowest BCUT2D eigenvalue weighted by Gasteiger charge is -2.36. The van der Waals surface area contributed by atoms with Crippen LogP contribution in [0.25, 0.3) is 0 Å². The largest absolute Gasteiger partial charge is 0.339 e. The fourth-order valence-corrected chi connectivity index (χ4v) is 4.37. The number of nitrogens with one attached hydrogen (secondary N) is 1. The first-order chi connectivity index (χ1) is 15.0. The van der Waals surface area contributed by atoms with Crippen LogP contribution < -0.4 is 5.32 Å². The monoisotopic (exact) mass is 420 g/mol. The van der Waals surface area contributed by atoms with Gasteiger partial charge in [0.25, 0.3) is 5.91 Å². The Morgan fingerprint density at radius 3 is 2.61 bits per heavy atom. The van der Waals surface area contributed by atoms with Gasteiger partial charge in [0.05, 0.1) is 0 Å². The molecule has 2 amide bonds. The van der Waals surface area contributed by atoms with E-state index in [0.29, 0.717) is 17.2 Å². The van der Waals surface area contributed by atoms with E-state index in [-0.39, 0.29) is 23.8 Å². The standard InChI is InChI=1S/C25H32N4O2/c1-18-16-23(18)24(30)27-21-8-5-6-19(17-21)25(31)28(2)22-10-14-29(15-11-22)13-9-20-7-3-4-12-26-20/h3-8,12,17-18,22-23H,9-11,13-16H2,1-2H3,(H,27,30). The third-order valence-electron chi connectivity index (χ3n) is 6.66. The van der Waals surface area contributed by atoms with Crippen LogP contribution in [-0.2, 0) is 11.2 Å². The maximum atomic E-state index is 13.1. The summed E-state index contributed by atoms with van der Waals surface area (Å²) in [6, 6.07) is 13.6. The number of piperidine rings is 1. The van der Waals surface area contributed by atoms with Crippen molar-refractivity contribution in [2.45, 2.75) is 38.6 Å². The van der Waals surface area contributed by atoms with Crippen LogP contribution in [0.4, 0.5) is 5.69 Å². The van der Waals surface area contributed by atoms with Crippen LogP contribution in [0.15, 0.2) is 48.7 Å². The molecule has 2 aromatic rings. The molecule has 2 aliphatic rings. The van der Waals surface area contributed by atoms with Crippen LogP contribution in [0, 0.1) is 11.8 Å². The van der Waals surface area contributed by atoms with E-state index in [1.165, 1.54) is 0 Å². The third-order valence-corrected chi connectivity index (χ3v) is 6.66. The number of anilines is 1. The van der Waals surface area contributed by atoms with E-state index in [4.69, 9.17) is 0 Å². The quantitative estimate of drug-likeness (QED) is 0.745. The van der Waals surface area contributed by atoms with E-state index in [1.807, 2.05) is 48.5 Å². The number of pyridine rings is 1. The molecule has 164 valence electrons. The fraction of sp³-hybridized carbons (Fsp3) is 0.480. The molecule has 2 fully saturated rings. The van der Waals surface area contributed by atoms with Crippen molar-refractivity contribution in [3.05, 3.63) is 59.9 Å². The van der Waals surface area contributed by atoms with Crippen LogP contribution in [0.1, 0.15) is 42.2 Å². The first-order valence-corrected chi connectivity index (χ1v) is 11.3. The Labute approximate surface area is 184 Å². The van der Waals surface area contributed by atoms with Crippen LogP contribution in [0.3, 0.4) is 0 Å². The van der Waals surface area contributed by atoms with Crippen molar-refractivity contribution in [2.75, 3.05) is 32.0 Å². The second-order valence-corrected chi connectivity index (χ2v) is 8.95. The average molecular weight is 421 g/mol. The predicted molar refractivity (Wildman–Crippen MR) is 122 cm³/mol. The average Bonchev–Trinajstić information content (AvgIpc) is 3.55. The molecular weight excluding hydrogens is 388 g/mol. The lowest BCUT2D eigenvalue weighted by atomic mass is 10.0. The minimum absolute atomic E-state index is 0.0165. The van der Waals surface area contributed by atoms with Gasteiger partial charge in [0.1, 0.15) is 0 Å². The number of hydrogen-bond donors (Lipinski definition) is 1. The van der Waals surface area contributed by atoms with Crippen molar-refractivity contribution in [1.29, 1.82) is 0 Å². The van der Waals surface area contributed by atoms with Gasteiger partial charge in [-0.25, -0.2) is 0 Å². The van der Waals surface area contributed by atoms with Crippen molar-refractivity contribution in [3.8, 4) is 0 Å². The maximum Gasteiger partial charge on any atom is 0.253 e. The Morgan fingerprint density at radius 1 is 1.16 bits per heavy atom. The summed E-state index contributed by atoms with van der Waals surface area (Å²) in [4.78, 5) is 34.0. The Kier molecular flexibility index (Phi) is 6.66. The van der Waals surface area contributed by atoms with Gasteiger partial charge in [-0.1, -0.05) is 19.1 Å². The Bertz CT molecular complexity index is 909. The first kappa shape index (κ1) is 21.5. The molecule has 2 heterocycles. The minimum atomic E-state index is 0.0165. The second kappa shape index (κ2) is 9.60. The molecule has 1 aromatic carbocycles. The Morgan fingerprint density at radius 2 is 1.94 bits per heavy atom. The molecule has 0 radical (unpaired) electrons. The number of carbonyl (C=O) groups is 2. The number of aromatic nitrogens is 1. The normalized spacial score (nSPS) is 21.5. The van der Waals surface area contributed by atoms with E-state index in [0.717, 1.165) is 51.0 Å². The van der Waals surface area contributed by atoms with Gasteiger partial charge in [0.2, 0.25) is 5.91 Å². The lowest BCUT2D eigenvalue weighted by Crippen LogP contribution is -2.46. The lowest BCUT2D eigenvalue weighted by molar-refractivity contribution is -0.117. The summed E-state index contributed by atoms with van der Waals surface area (Å²) in [6.07, 6.45) is 5.70. The SMILES string of the molecule is CC1CC1C(=O)Nc1cccc(C(=O)N(C)C2CCN(CCc3ccccn3)CC2)c1. The van der Waals surface area contributed by atoms with Crippen LogP contribution >= 0.6 is 0 Å². The number of amides is 2. The molecule has 31 heavy (non-hydrogen) atoms. The number of hydrogen-bond acceptors (Lipinski definition) is 4. The summed E-state index contributed by atoms with van der Waals surface area (Å²) in [7, 11) is 1.90. The molecule has 1 saturated carbocycles. The molecular formula is C25H32N4O2. The zero-order valence-electron chi connectivity index (χ0n) is 18.5. The molecule has 4 rings (SSSR count).